The Labute approximate surface area is 115 Å². The molecule has 0 saturated carbocycles. The van der Waals surface area contributed by atoms with Crippen LogP contribution in [-0.4, -0.2) is 29.8 Å². The number of halogens is 2. The van der Waals surface area contributed by atoms with Crippen LogP contribution in [0, 0.1) is 5.92 Å². The number of piperidine rings is 1. The van der Waals surface area contributed by atoms with Crippen molar-refractivity contribution in [3.63, 3.8) is 0 Å². The lowest BCUT2D eigenvalue weighted by molar-refractivity contribution is 0.0684. The highest BCUT2D eigenvalue weighted by Crippen LogP contribution is 2.22. The van der Waals surface area contributed by atoms with E-state index >= 15 is 0 Å². The van der Waals surface area contributed by atoms with Crippen molar-refractivity contribution in [3.05, 3.63) is 34.3 Å². The van der Waals surface area contributed by atoms with Gasteiger partial charge in [-0.25, -0.2) is 0 Å². The second kappa shape index (κ2) is 5.87. The Morgan fingerprint density at radius 3 is 2.94 bits per heavy atom. The van der Waals surface area contributed by atoms with Crippen LogP contribution in [0.25, 0.3) is 0 Å². The van der Waals surface area contributed by atoms with Crippen molar-refractivity contribution < 1.29 is 4.79 Å². The molecule has 0 N–H and O–H groups in total. The van der Waals surface area contributed by atoms with Crippen LogP contribution in [0.2, 0.25) is 0 Å². The molecule has 0 radical (unpaired) electrons. The topological polar surface area (TPSA) is 20.3 Å². The molecule has 2 rings (SSSR count). The van der Waals surface area contributed by atoms with Crippen LogP contribution in [0.3, 0.4) is 0 Å². The van der Waals surface area contributed by atoms with Gasteiger partial charge in [0.25, 0.3) is 5.91 Å². The van der Waals surface area contributed by atoms with Gasteiger partial charge in [0.2, 0.25) is 0 Å². The fraction of sp³-hybridized carbons (Fsp3) is 0.462. The van der Waals surface area contributed by atoms with Crippen LogP contribution < -0.4 is 0 Å². The second-order valence-electron chi connectivity index (χ2n) is 4.39. The highest BCUT2D eigenvalue weighted by Gasteiger charge is 2.24. The van der Waals surface area contributed by atoms with E-state index in [1.165, 1.54) is 0 Å². The summed E-state index contributed by atoms with van der Waals surface area (Å²) in [5.41, 5.74) is 0.739. The fourth-order valence-electron chi connectivity index (χ4n) is 2.18. The third-order valence-electron chi connectivity index (χ3n) is 3.13. The van der Waals surface area contributed by atoms with Gasteiger partial charge in [-0.15, -0.1) is 11.6 Å². The third kappa shape index (κ3) is 3.02. The number of benzene rings is 1. The molecule has 1 aliphatic heterocycles. The van der Waals surface area contributed by atoms with Crippen LogP contribution in [0.4, 0.5) is 0 Å². The predicted octanol–water partition coefficient (Wildman–Crippen LogP) is 3.54. The first-order chi connectivity index (χ1) is 8.22. The molecule has 17 heavy (non-hydrogen) atoms. The van der Waals surface area contributed by atoms with Gasteiger partial charge < -0.3 is 4.90 Å². The number of amides is 1. The summed E-state index contributed by atoms with van der Waals surface area (Å²) < 4.78 is 0.859. The van der Waals surface area contributed by atoms with Crippen molar-refractivity contribution in [1.29, 1.82) is 0 Å². The Balaban J connectivity index is 2.12. The van der Waals surface area contributed by atoms with E-state index in [2.05, 4.69) is 15.9 Å². The second-order valence-corrected chi connectivity index (χ2v) is 5.56. The first-order valence-corrected chi connectivity index (χ1v) is 7.15. The van der Waals surface area contributed by atoms with Crippen LogP contribution in [0.15, 0.2) is 28.7 Å². The lowest BCUT2D eigenvalue weighted by Gasteiger charge is -2.32. The largest absolute Gasteiger partial charge is 0.338 e. The number of carbonyl (C=O) groups is 1. The molecule has 1 aromatic carbocycles. The van der Waals surface area contributed by atoms with Gasteiger partial charge in [-0.3, -0.25) is 4.79 Å². The molecule has 1 fully saturated rings. The van der Waals surface area contributed by atoms with Crippen molar-refractivity contribution >= 4 is 33.4 Å². The molecule has 1 saturated heterocycles. The number of carbonyl (C=O) groups excluding carboxylic acids is 1. The Kier molecular flexibility index (Phi) is 4.46. The monoisotopic (exact) mass is 315 g/mol. The van der Waals surface area contributed by atoms with E-state index in [0.29, 0.717) is 11.8 Å². The summed E-state index contributed by atoms with van der Waals surface area (Å²) in [6.45, 7) is 1.62. The molecule has 1 aliphatic rings. The SMILES string of the molecule is O=C(c1ccccc1Br)N1CCCC(CCl)C1. The fourth-order valence-corrected chi connectivity index (χ4v) is 2.89. The number of nitrogens with zero attached hydrogens (tertiary/aromatic N) is 1. The van der Waals surface area contributed by atoms with Crippen molar-refractivity contribution in [2.45, 2.75) is 12.8 Å². The molecule has 0 aliphatic carbocycles. The van der Waals surface area contributed by atoms with E-state index in [1.54, 1.807) is 0 Å². The molecule has 1 heterocycles. The van der Waals surface area contributed by atoms with Gasteiger partial charge >= 0.3 is 0 Å². The van der Waals surface area contributed by atoms with Gasteiger partial charge in [0.15, 0.2) is 0 Å². The van der Waals surface area contributed by atoms with Gasteiger partial charge in [0.1, 0.15) is 0 Å². The first kappa shape index (κ1) is 12.9. The average Bonchev–Trinajstić information content (AvgIpc) is 2.38. The minimum Gasteiger partial charge on any atom is -0.338 e. The lowest BCUT2D eigenvalue weighted by atomic mass is 9.99. The van der Waals surface area contributed by atoms with Crippen molar-refractivity contribution in [2.24, 2.45) is 5.92 Å². The zero-order valence-electron chi connectivity index (χ0n) is 9.53. The highest BCUT2D eigenvalue weighted by molar-refractivity contribution is 9.10. The molecule has 2 nitrogen and oxygen atoms in total. The number of rotatable bonds is 2. The summed E-state index contributed by atoms with van der Waals surface area (Å²) in [6.07, 6.45) is 2.18. The van der Waals surface area contributed by atoms with E-state index in [4.69, 9.17) is 11.6 Å². The summed E-state index contributed by atoms with van der Waals surface area (Å²) in [4.78, 5) is 14.2. The van der Waals surface area contributed by atoms with E-state index in [-0.39, 0.29) is 5.91 Å². The van der Waals surface area contributed by atoms with E-state index in [9.17, 15) is 4.79 Å². The first-order valence-electron chi connectivity index (χ1n) is 5.82. The Morgan fingerprint density at radius 2 is 2.24 bits per heavy atom. The van der Waals surface area contributed by atoms with E-state index in [0.717, 1.165) is 36.0 Å². The van der Waals surface area contributed by atoms with Crippen LogP contribution in [0.1, 0.15) is 23.2 Å². The van der Waals surface area contributed by atoms with E-state index < -0.39 is 0 Å². The molecule has 1 atom stereocenters. The van der Waals surface area contributed by atoms with Crippen LogP contribution in [0.5, 0.6) is 0 Å². The summed E-state index contributed by atoms with van der Waals surface area (Å²) in [7, 11) is 0. The third-order valence-corrected chi connectivity index (χ3v) is 4.26. The Morgan fingerprint density at radius 1 is 1.47 bits per heavy atom. The molecule has 92 valence electrons. The van der Waals surface area contributed by atoms with Crippen molar-refractivity contribution in [1.82, 2.24) is 4.90 Å². The number of hydrogen-bond acceptors (Lipinski definition) is 1. The normalized spacial score (nSPS) is 20.4. The molecule has 0 spiro atoms. The van der Waals surface area contributed by atoms with Crippen molar-refractivity contribution in [3.8, 4) is 0 Å². The summed E-state index contributed by atoms with van der Waals surface area (Å²) in [5.74, 6) is 1.18. The summed E-state index contributed by atoms with van der Waals surface area (Å²) >= 11 is 9.30. The minimum atomic E-state index is 0.104. The van der Waals surface area contributed by atoms with Gasteiger partial charge in [0.05, 0.1) is 5.56 Å². The molecule has 1 unspecified atom stereocenters. The molecular weight excluding hydrogens is 302 g/mol. The maximum Gasteiger partial charge on any atom is 0.255 e. The smallest absolute Gasteiger partial charge is 0.255 e. The minimum absolute atomic E-state index is 0.104. The van der Waals surface area contributed by atoms with Crippen molar-refractivity contribution in [2.75, 3.05) is 19.0 Å². The van der Waals surface area contributed by atoms with Crippen LogP contribution in [-0.2, 0) is 0 Å². The predicted molar refractivity (Wildman–Crippen MR) is 73.5 cm³/mol. The average molecular weight is 317 g/mol. The quantitative estimate of drug-likeness (QED) is 0.764. The molecule has 1 aromatic rings. The highest BCUT2D eigenvalue weighted by atomic mass is 79.9. The lowest BCUT2D eigenvalue weighted by Crippen LogP contribution is -2.40. The zero-order valence-corrected chi connectivity index (χ0v) is 11.9. The number of alkyl halides is 1. The number of likely N-dealkylation sites (tertiary alicyclic amines) is 1. The Bertz CT molecular complexity index is 410. The van der Waals surface area contributed by atoms with Crippen LogP contribution >= 0.6 is 27.5 Å². The molecular formula is C13H15BrClNO. The maximum absolute atomic E-state index is 12.3. The van der Waals surface area contributed by atoms with Gasteiger partial charge in [-0.1, -0.05) is 12.1 Å². The Hall–Kier alpha value is -0.540. The number of hydrogen-bond donors (Lipinski definition) is 0. The van der Waals surface area contributed by atoms with E-state index in [1.807, 2.05) is 29.2 Å². The molecule has 0 aromatic heterocycles. The molecule has 0 bridgehead atoms. The standard InChI is InChI=1S/C13H15BrClNO/c14-12-6-2-1-5-11(12)13(17)16-7-3-4-10(8-15)9-16/h1-2,5-6,10H,3-4,7-9H2. The summed E-state index contributed by atoms with van der Waals surface area (Å²) in [6, 6.07) is 7.56. The summed E-state index contributed by atoms with van der Waals surface area (Å²) in [5, 5.41) is 0. The maximum atomic E-state index is 12.3. The zero-order chi connectivity index (χ0) is 12.3. The van der Waals surface area contributed by atoms with Gasteiger partial charge in [0, 0.05) is 23.4 Å². The molecule has 4 heteroatoms. The van der Waals surface area contributed by atoms with Gasteiger partial charge in [-0.05, 0) is 46.8 Å². The molecule has 1 amide bonds. The van der Waals surface area contributed by atoms with Gasteiger partial charge in [-0.2, -0.15) is 0 Å².